The standard InChI is InChI=1S/C13H14N2O3/c1-18-11-5-2-4-10(8-11)12(9-15(16)17)13-6-3-7-14-13/h2-8,12,14H,9H2,1H3/t12-/m1/s1. The zero-order valence-corrected chi connectivity index (χ0v) is 10.00. The molecule has 2 rings (SSSR count). The Morgan fingerprint density at radius 2 is 2.22 bits per heavy atom. The number of benzene rings is 1. The van der Waals surface area contributed by atoms with Crippen LogP contribution in [0.1, 0.15) is 17.2 Å². The number of H-pyrrole nitrogens is 1. The summed E-state index contributed by atoms with van der Waals surface area (Å²) in [4.78, 5) is 13.5. The van der Waals surface area contributed by atoms with E-state index in [1.54, 1.807) is 13.3 Å². The highest BCUT2D eigenvalue weighted by Gasteiger charge is 2.21. The minimum absolute atomic E-state index is 0.145. The number of nitro groups is 1. The van der Waals surface area contributed by atoms with E-state index < -0.39 is 0 Å². The van der Waals surface area contributed by atoms with Crippen molar-refractivity contribution in [3.63, 3.8) is 0 Å². The molecule has 0 fully saturated rings. The summed E-state index contributed by atoms with van der Waals surface area (Å²) in [6.45, 7) is -0.145. The molecule has 0 aliphatic carbocycles. The van der Waals surface area contributed by atoms with E-state index in [1.807, 2.05) is 36.4 Å². The Bertz CT molecular complexity index is 523. The fourth-order valence-corrected chi connectivity index (χ4v) is 1.95. The molecule has 1 aromatic heterocycles. The largest absolute Gasteiger partial charge is 0.497 e. The highest BCUT2D eigenvalue weighted by atomic mass is 16.6. The zero-order valence-electron chi connectivity index (χ0n) is 10.00. The molecule has 0 saturated heterocycles. The maximum absolute atomic E-state index is 10.8. The lowest BCUT2D eigenvalue weighted by atomic mass is 9.96. The third-order valence-corrected chi connectivity index (χ3v) is 2.83. The summed E-state index contributed by atoms with van der Waals surface area (Å²) in [5, 5.41) is 10.8. The van der Waals surface area contributed by atoms with Gasteiger partial charge in [0, 0.05) is 16.8 Å². The molecular weight excluding hydrogens is 232 g/mol. The summed E-state index contributed by atoms with van der Waals surface area (Å²) >= 11 is 0. The van der Waals surface area contributed by atoms with Crippen LogP contribution >= 0.6 is 0 Å². The third kappa shape index (κ3) is 2.68. The van der Waals surface area contributed by atoms with Crippen molar-refractivity contribution in [2.75, 3.05) is 13.7 Å². The SMILES string of the molecule is COc1cccc([C@@H](C[N+](=O)[O-])c2ccc[nH]2)c1. The van der Waals surface area contributed by atoms with Crippen LogP contribution in [-0.4, -0.2) is 23.6 Å². The Hall–Kier alpha value is -2.30. The van der Waals surface area contributed by atoms with Gasteiger partial charge in [0.15, 0.2) is 0 Å². The molecule has 1 aromatic carbocycles. The van der Waals surface area contributed by atoms with Crippen LogP contribution in [0, 0.1) is 10.1 Å². The Morgan fingerprint density at radius 3 is 2.83 bits per heavy atom. The molecule has 0 bridgehead atoms. The van der Waals surface area contributed by atoms with E-state index >= 15 is 0 Å². The molecule has 1 N–H and O–H groups in total. The van der Waals surface area contributed by atoms with Crippen molar-refractivity contribution in [2.45, 2.75) is 5.92 Å². The lowest BCUT2D eigenvalue weighted by Crippen LogP contribution is -2.14. The van der Waals surface area contributed by atoms with Crippen molar-refractivity contribution < 1.29 is 9.66 Å². The van der Waals surface area contributed by atoms with Crippen LogP contribution in [0.4, 0.5) is 0 Å². The van der Waals surface area contributed by atoms with E-state index in [9.17, 15) is 10.1 Å². The minimum atomic E-state index is -0.301. The molecule has 1 heterocycles. The average Bonchev–Trinajstić information content (AvgIpc) is 2.89. The monoisotopic (exact) mass is 246 g/mol. The van der Waals surface area contributed by atoms with E-state index in [-0.39, 0.29) is 17.4 Å². The van der Waals surface area contributed by atoms with Crippen LogP contribution in [0.3, 0.4) is 0 Å². The Labute approximate surface area is 105 Å². The summed E-state index contributed by atoms with van der Waals surface area (Å²) < 4.78 is 5.15. The van der Waals surface area contributed by atoms with E-state index in [1.165, 1.54) is 0 Å². The molecule has 2 aromatic rings. The molecule has 0 amide bonds. The van der Waals surface area contributed by atoms with E-state index in [0.29, 0.717) is 5.75 Å². The average molecular weight is 246 g/mol. The number of nitrogens with one attached hydrogen (secondary N) is 1. The molecule has 5 nitrogen and oxygen atoms in total. The third-order valence-electron chi connectivity index (χ3n) is 2.83. The first kappa shape index (κ1) is 12.2. The molecule has 0 radical (unpaired) electrons. The summed E-state index contributed by atoms with van der Waals surface area (Å²) in [6, 6.07) is 11.0. The van der Waals surface area contributed by atoms with Crippen molar-refractivity contribution in [3.8, 4) is 5.75 Å². The van der Waals surface area contributed by atoms with Crippen molar-refractivity contribution in [1.82, 2.24) is 4.98 Å². The van der Waals surface area contributed by atoms with E-state index in [0.717, 1.165) is 11.3 Å². The molecule has 0 spiro atoms. The van der Waals surface area contributed by atoms with Crippen LogP contribution in [0.25, 0.3) is 0 Å². The van der Waals surface area contributed by atoms with Crippen molar-refractivity contribution in [3.05, 3.63) is 64.0 Å². The molecule has 0 aliphatic heterocycles. The van der Waals surface area contributed by atoms with Crippen LogP contribution in [-0.2, 0) is 0 Å². The smallest absolute Gasteiger partial charge is 0.216 e. The first-order valence-electron chi connectivity index (χ1n) is 5.59. The number of hydrogen-bond donors (Lipinski definition) is 1. The molecule has 0 saturated carbocycles. The number of aromatic amines is 1. The quantitative estimate of drug-likeness (QED) is 0.650. The number of nitrogens with zero attached hydrogens (tertiary/aromatic N) is 1. The van der Waals surface area contributed by atoms with Crippen LogP contribution in [0.15, 0.2) is 42.6 Å². The molecule has 0 aliphatic rings. The van der Waals surface area contributed by atoms with Gasteiger partial charge in [-0.15, -0.1) is 0 Å². The molecule has 5 heteroatoms. The molecule has 1 atom stereocenters. The Balaban J connectivity index is 2.36. The predicted molar refractivity (Wildman–Crippen MR) is 67.5 cm³/mol. The summed E-state index contributed by atoms with van der Waals surface area (Å²) in [7, 11) is 1.58. The molecule has 94 valence electrons. The molecular formula is C13H14N2O3. The van der Waals surface area contributed by atoms with Gasteiger partial charge in [0.1, 0.15) is 5.75 Å². The first-order valence-corrected chi connectivity index (χ1v) is 5.59. The topological polar surface area (TPSA) is 68.2 Å². The van der Waals surface area contributed by atoms with Gasteiger partial charge in [-0.1, -0.05) is 12.1 Å². The first-order chi connectivity index (χ1) is 8.70. The van der Waals surface area contributed by atoms with Crippen molar-refractivity contribution >= 4 is 0 Å². The number of methoxy groups -OCH3 is 1. The number of rotatable bonds is 5. The normalized spacial score (nSPS) is 12.1. The zero-order chi connectivity index (χ0) is 13.0. The summed E-state index contributed by atoms with van der Waals surface area (Å²) in [5.41, 5.74) is 1.70. The number of aromatic nitrogens is 1. The van der Waals surface area contributed by atoms with E-state index in [4.69, 9.17) is 4.74 Å². The molecule has 18 heavy (non-hydrogen) atoms. The van der Waals surface area contributed by atoms with Gasteiger partial charge in [0.25, 0.3) is 0 Å². The fraction of sp³-hybridized carbons (Fsp3) is 0.231. The lowest BCUT2D eigenvalue weighted by molar-refractivity contribution is -0.481. The predicted octanol–water partition coefficient (Wildman–Crippen LogP) is 2.43. The summed E-state index contributed by atoms with van der Waals surface area (Å²) in [5.74, 6) is 0.414. The minimum Gasteiger partial charge on any atom is -0.497 e. The van der Waals surface area contributed by atoms with Gasteiger partial charge < -0.3 is 9.72 Å². The second-order valence-electron chi connectivity index (χ2n) is 3.97. The van der Waals surface area contributed by atoms with E-state index in [2.05, 4.69) is 4.98 Å². The molecule has 0 unspecified atom stereocenters. The highest BCUT2D eigenvalue weighted by Crippen LogP contribution is 2.26. The second kappa shape index (κ2) is 5.35. The summed E-state index contributed by atoms with van der Waals surface area (Å²) in [6.07, 6.45) is 1.77. The number of hydrogen-bond acceptors (Lipinski definition) is 3. The van der Waals surface area contributed by atoms with Crippen molar-refractivity contribution in [2.24, 2.45) is 0 Å². The van der Waals surface area contributed by atoms with Crippen LogP contribution < -0.4 is 4.74 Å². The van der Waals surface area contributed by atoms with Crippen LogP contribution in [0.5, 0.6) is 5.75 Å². The number of ether oxygens (including phenoxy) is 1. The van der Waals surface area contributed by atoms with Gasteiger partial charge in [0.05, 0.1) is 13.0 Å². The Morgan fingerprint density at radius 1 is 1.39 bits per heavy atom. The van der Waals surface area contributed by atoms with Gasteiger partial charge in [-0.3, -0.25) is 10.1 Å². The Kier molecular flexibility index (Phi) is 3.62. The highest BCUT2D eigenvalue weighted by molar-refractivity contribution is 5.35. The van der Waals surface area contributed by atoms with Gasteiger partial charge >= 0.3 is 0 Å². The van der Waals surface area contributed by atoms with Gasteiger partial charge in [0.2, 0.25) is 6.54 Å². The maximum atomic E-state index is 10.8. The second-order valence-corrected chi connectivity index (χ2v) is 3.97. The van der Waals surface area contributed by atoms with Crippen molar-refractivity contribution in [1.29, 1.82) is 0 Å². The van der Waals surface area contributed by atoms with Gasteiger partial charge in [-0.05, 0) is 29.8 Å². The maximum Gasteiger partial charge on any atom is 0.216 e. The lowest BCUT2D eigenvalue weighted by Gasteiger charge is -2.13. The van der Waals surface area contributed by atoms with Gasteiger partial charge in [-0.2, -0.15) is 0 Å². The fourth-order valence-electron chi connectivity index (χ4n) is 1.95. The van der Waals surface area contributed by atoms with Crippen LogP contribution in [0.2, 0.25) is 0 Å². The van der Waals surface area contributed by atoms with Gasteiger partial charge in [-0.25, -0.2) is 0 Å².